The van der Waals surface area contributed by atoms with Gasteiger partial charge in [-0.3, -0.25) is 0 Å². The Morgan fingerprint density at radius 1 is 1.69 bits per heavy atom. The van der Waals surface area contributed by atoms with Gasteiger partial charge in [0.15, 0.2) is 0 Å². The molecule has 1 aliphatic rings. The Morgan fingerprint density at radius 2 is 2.46 bits per heavy atom. The van der Waals surface area contributed by atoms with E-state index < -0.39 is 5.54 Å². The molecule has 0 radical (unpaired) electrons. The van der Waals surface area contributed by atoms with Gasteiger partial charge in [-0.2, -0.15) is 0 Å². The molecule has 0 bridgehead atoms. The Balaban J connectivity index is 2.47. The zero-order valence-electron chi connectivity index (χ0n) is 7.84. The molecule has 1 unspecified atom stereocenters. The standard InChI is InChI=1S/C10H15NO2/c1-7-5-8-9(13-7)3-2-4-10(8,11)6-12/h5,12H,2-4,6,11H2,1H3. The van der Waals surface area contributed by atoms with Crippen molar-refractivity contribution in [3.8, 4) is 0 Å². The maximum atomic E-state index is 9.24. The minimum absolute atomic E-state index is 0.00102. The highest BCUT2D eigenvalue weighted by atomic mass is 16.3. The van der Waals surface area contributed by atoms with Crippen LogP contribution in [-0.2, 0) is 12.0 Å². The molecule has 13 heavy (non-hydrogen) atoms. The Morgan fingerprint density at radius 3 is 3.15 bits per heavy atom. The fraction of sp³-hybridized carbons (Fsp3) is 0.600. The van der Waals surface area contributed by atoms with Crippen molar-refractivity contribution in [1.82, 2.24) is 0 Å². The van der Waals surface area contributed by atoms with Crippen LogP contribution in [0.15, 0.2) is 10.5 Å². The summed E-state index contributed by atoms with van der Waals surface area (Å²) in [5, 5.41) is 9.24. The number of hydrogen-bond acceptors (Lipinski definition) is 3. The second kappa shape index (κ2) is 2.86. The van der Waals surface area contributed by atoms with Crippen LogP contribution in [0.3, 0.4) is 0 Å². The normalized spacial score (nSPS) is 27.3. The van der Waals surface area contributed by atoms with E-state index in [1.807, 2.05) is 13.0 Å². The fourth-order valence-electron chi connectivity index (χ4n) is 2.03. The molecule has 1 atom stereocenters. The first-order valence-electron chi connectivity index (χ1n) is 4.65. The summed E-state index contributed by atoms with van der Waals surface area (Å²) in [7, 11) is 0. The minimum Gasteiger partial charge on any atom is -0.466 e. The Hall–Kier alpha value is -0.800. The van der Waals surface area contributed by atoms with Crippen molar-refractivity contribution in [2.24, 2.45) is 5.73 Å². The number of rotatable bonds is 1. The lowest BCUT2D eigenvalue weighted by atomic mass is 9.81. The predicted octanol–water partition coefficient (Wildman–Crippen LogP) is 1.07. The molecule has 72 valence electrons. The van der Waals surface area contributed by atoms with E-state index >= 15 is 0 Å². The van der Waals surface area contributed by atoms with Crippen molar-refractivity contribution in [2.45, 2.75) is 31.7 Å². The third kappa shape index (κ3) is 1.28. The molecule has 3 N–H and O–H groups in total. The molecule has 1 aromatic heterocycles. The van der Waals surface area contributed by atoms with Gasteiger partial charge in [0.1, 0.15) is 11.5 Å². The quantitative estimate of drug-likeness (QED) is 0.681. The van der Waals surface area contributed by atoms with Gasteiger partial charge in [0.05, 0.1) is 12.1 Å². The molecule has 0 aliphatic heterocycles. The van der Waals surface area contributed by atoms with Crippen molar-refractivity contribution in [3.05, 3.63) is 23.2 Å². The second-order valence-electron chi connectivity index (χ2n) is 3.86. The molecule has 1 aliphatic carbocycles. The fourth-order valence-corrected chi connectivity index (χ4v) is 2.03. The van der Waals surface area contributed by atoms with E-state index in [1.165, 1.54) is 0 Å². The average Bonchev–Trinajstić information content (AvgIpc) is 2.48. The van der Waals surface area contributed by atoms with Crippen LogP contribution in [0, 0.1) is 6.92 Å². The van der Waals surface area contributed by atoms with Crippen LogP contribution in [0.4, 0.5) is 0 Å². The predicted molar refractivity (Wildman–Crippen MR) is 49.3 cm³/mol. The SMILES string of the molecule is Cc1cc2c(o1)CCCC2(N)CO. The molecule has 0 spiro atoms. The van der Waals surface area contributed by atoms with Gasteiger partial charge in [0.2, 0.25) is 0 Å². The summed E-state index contributed by atoms with van der Waals surface area (Å²) in [5.74, 6) is 1.84. The van der Waals surface area contributed by atoms with Crippen LogP contribution >= 0.6 is 0 Å². The van der Waals surface area contributed by atoms with Crippen molar-refractivity contribution in [2.75, 3.05) is 6.61 Å². The summed E-state index contributed by atoms with van der Waals surface area (Å²) in [4.78, 5) is 0. The lowest BCUT2D eigenvalue weighted by Gasteiger charge is -2.30. The van der Waals surface area contributed by atoms with E-state index in [0.29, 0.717) is 0 Å². The first-order valence-corrected chi connectivity index (χ1v) is 4.65. The summed E-state index contributed by atoms with van der Waals surface area (Å²) in [6, 6.07) is 1.95. The summed E-state index contributed by atoms with van der Waals surface area (Å²) in [5.41, 5.74) is 6.51. The number of furan rings is 1. The van der Waals surface area contributed by atoms with E-state index in [4.69, 9.17) is 10.2 Å². The minimum atomic E-state index is -0.564. The number of aryl methyl sites for hydroxylation is 2. The smallest absolute Gasteiger partial charge is 0.109 e. The van der Waals surface area contributed by atoms with Gasteiger partial charge >= 0.3 is 0 Å². The summed E-state index contributed by atoms with van der Waals surface area (Å²) >= 11 is 0. The number of aliphatic hydroxyl groups excluding tert-OH is 1. The zero-order valence-corrected chi connectivity index (χ0v) is 7.84. The van der Waals surface area contributed by atoms with Gasteiger partial charge < -0.3 is 15.3 Å². The molecule has 3 heteroatoms. The van der Waals surface area contributed by atoms with Gasteiger partial charge in [-0.05, 0) is 25.8 Å². The van der Waals surface area contributed by atoms with Gasteiger partial charge in [-0.25, -0.2) is 0 Å². The molecule has 0 fully saturated rings. The van der Waals surface area contributed by atoms with Crippen LogP contribution in [0.25, 0.3) is 0 Å². The van der Waals surface area contributed by atoms with Crippen molar-refractivity contribution >= 4 is 0 Å². The van der Waals surface area contributed by atoms with Crippen molar-refractivity contribution in [3.63, 3.8) is 0 Å². The Labute approximate surface area is 77.5 Å². The molecule has 0 aromatic carbocycles. The third-order valence-electron chi connectivity index (χ3n) is 2.78. The molecule has 2 rings (SSSR count). The maximum Gasteiger partial charge on any atom is 0.109 e. The van der Waals surface area contributed by atoms with Gasteiger partial charge in [-0.1, -0.05) is 0 Å². The van der Waals surface area contributed by atoms with E-state index in [1.54, 1.807) is 0 Å². The van der Waals surface area contributed by atoms with Crippen LogP contribution in [-0.4, -0.2) is 11.7 Å². The lowest BCUT2D eigenvalue weighted by molar-refractivity contribution is 0.175. The summed E-state index contributed by atoms with van der Waals surface area (Å²) < 4.78 is 5.51. The highest BCUT2D eigenvalue weighted by molar-refractivity contribution is 5.31. The average molecular weight is 181 g/mol. The van der Waals surface area contributed by atoms with Crippen molar-refractivity contribution < 1.29 is 9.52 Å². The van der Waals surface area contributed by atoms with Crippen LogP contribution in [0.1, 0.15) is 29.9 Å². The van der Waals surface area contributed by atoms with Gasteiger partial charge in [0.25, 0.3) is 0 Å². The number of nitrogens with two attached hydrogens (primary N) is 1. The highest BCUT2D eigenvalue weighted by Crippen LogP contribution is 2.34. The van der Waals surface area contributed by atoms with Crippen LogP contribution in [0.5, 0.6) is 0 Å². The number of hydrogen-bond donors (Lipinski definition) is 2. The number of fused-ring (bicyclic) bond motifs is 1. The third-order valence-corrected chi connectivity index (χ3v) is 2.78. The van der Waals surface area contributed by atoms with Crippen LogP contribution in [0.2, 0.25) is 0 Å². The zero-order chi connectivity index (χ0) is 9.47. The monoisotopic (exact) mass is 181 g/mol. The molecular weight excluding hydrogens is 166 g/mol. The first kappa shape index (κ1) is 8.78. The van der Waals surface area contributed by atoms with E-state index in [9.17, 15) is 5.11 Å². The lowest BCUT2D eigenvalue weighted by Crippen LogP contribution is -2.42. The molecular formula is C10H15NO2. The largest absolute Gasteiger partial charge is 0.466 e. The molecule has 0 amide bonds. The van der Waals surface area contributed by atoms with E-state index in [2.05, 4.69) is 0 Å². The van der Waals surface area contributed by atoms with Gasteiger partial charge in [0, 0.05) is 12.0 Å². The summed E-state index contributed by atoms with van der Waals surface area (Å²) in [6.07, 6.45) is 2.79. The molecule has 3 nitrogen and oxygen atoms in total. The molecule has 1 aromatic rings. The van der Waals surface area contributed by atoms with E-state index in [0.717, 1.165) is 36.3 Å². The number of aliphatic hydroxyl groups is 1. The molecule has 0 saturated heterocycles. The van der Waals surface area contributed by atoms with Crippen molar-refractivity contribution in [1.29, 1.82) is 0 Å². The molecule has 1 heterocycles. The Bertz CT molecular complexity index is 319. The van der Waals surface area contributed by atoms with E-state index in [-0.39, 0.29) is 6.61 Å². The first-order chi connectivity index (χ1) is 6.15. The summed E-state index contributed by atoms with van der Waals surface area (Å²) in [6.45, 7) is 1.91. The topological polar surface area (TPSA) is 59.4 Å². The van der Waals surface area contributed by atoms with Gasteiger partial charge in [-0.15, -0.1) is 0 Å². The second-order valence-corrected chi connectivity index (χ2v) is 3.86. The maximum absolute atomic E-state index is 9.24. The Kier molecular flexibility index (Phi) is 1.93. The van der Waals surface area contributed by atoms with Crippen LogP contribution < -0.4 is 5.73 Å². The highest BCUT2D eigenvalue weighted by Gasteiger charge is 2.34. The molecule has 0 saturated carbocycles.